The Hall–Kier alpha value is -2.75. The van der Waals surface area contributed by atoms with Gasteiger partial charge in [0.05, 0.1) is 5.39 Å². The van der Waals surface area contributed by atoms with Crippen LogP contribution in [-0.4, -0.2) is 5.11 Å². The number of hydrogen-bond acceptors (Lipinski definition) is 4. The monoisotopic (exact) mass is 310 g/mol. The summed E-state index contributed by atoms with van der Waals surface area (Å²) >= 11 is 0. The second kappa shape index (κ2) is 5.80. The molecule has 0 saturated heterocycles. The van der Waals surface area contributed by atoms with Crippen LogP contribution in [0, 0.1) is 6.92 Å². The Morgan fingerprint density at radius 2 is 1.87 bits per heavy atom. The van der Waals surface area contributed by atoms with E-state index in [1.807, 2.05) is 24.3 Å². The Labute approximate surface area is 134 Å². The lowest BCUT2D eigenvalue weighted by molar-refractivity contribution is 0.429. The molecule has 0 radical (unpaired) electrons. The van der Waals surface area contributed by atoms with Crippen LogP contribution in [0.15, 0.2) is 51.7 Å². The number of aromatic hydroxyl groups is 1. The first-order chi connectivity index (χ1) is 11.0. The van der Waals surface area contributed by atoms with Gasteiger partial charge >= 0.3 is 0 Å². The number of ether oxygens (including phenoxy) is 1. The van der Waals surface area contributed by atoms with Crippen molar-refractivity contribution in [1.29, 1.82) is 0 Å². The molecule has 118 valence electrons. The highest BCUT2D eigenvalue weighted by molar-refractivity contribution is 5.79. The largest absolute Gasteiger partial charge is 0.508 e. The van der Waals surface area contributed by atoms with Crippen LogP contribution in [0.4, 0.5) is 0 Å². The lowest BCUT2D eigenvalue weighted by Crippen LogP contribution is -2.08. The molecule has 0 aliphatic carbocycles. The molecule has 0 spiro atoms. The Morgan fingerprint density at radius 1 is 1.13 bits per heavy atom. The number of hydrogen-bond donors (Lipinski definition) is 1. The minimum absolute atomic E-state index is 0.0545. The molecule has 0 amide bonds. The SMILES string of the molecule is Cc1oc2cc(O)ccc2c(=O)c1Oc1ccccc1C(C)C. The van der Waals surface area contributed by atoms with Gasteiger partial charge in [0.2, 0.25) is 11.2 Å². The van der Waals surface area contributed by atoms with Crippen molar-refractivity contribution in [2.75, 3.05) is 0 Å². The van der Waals surface area contributed by atoms with Gasteiger partial charge in [0.25, 0.3) is 0 Å². The first-order valence-electron chi connectivity index (χ1n) is 7.50. The van der Waals surface area contributed by atoms with E-state index >= 15 is 0 Å². The molecule has 4 nitrogen and oxygen atoms in total. The van der Waals surface area contributed by atoms with E-state index in [0.717, 1.165) is 5.56 Å². The third kappa shape index (κ3) is 2.80. The van der Waals surface area contributed by atoms with Crippen LogP contribution in [0.3, 0.4) is 0 Å². The number of fused-ring (bicyclic) bond motifs is 1. The van der Waals surface area contributed by atoms with Crippen molar-refractivity contribution in [3.63, 3.8) is 0 Å². The van der Waals surface area contributed by atoms with E-state index in [-0.39, 0.29) is 22.8 Å². The maximum atomic E-state index is 12.7. The maximum absolute atomic E-state index is 12.7. The van der Waals surface area contributed by atoms with E-state index in [1.54, 1.807) is 6.92 Å². The summed E-state index contributed by atoms with van der Waals surface area (Å²) in [5.41, 5.74) is 1.12. The van der Waals surface area contributed by atoms with Gasteiger partial charge in [-0.3, -0.25) is 4.79 Å². The smallest absolute Gasteiger partial charge is 0.235 e. The van der Waals surface area contributed by atoms with Crippen LogP contribution in [0.5, 0.6) is 17.2 Å². The standard InChI is InChI=1S/C19H18O4/c1-11(2)14-6-4-5-7-16(14)23-19-12(3)22-17-10-13(20)8-9-15(17)18(19)21/h4-11,20H,1-3H3. The van der Waals surface area contributed by atoms with Gasteiger partial charge in [0.15, 0.2) is 0 Å². The van der Waals surface area contributed by atoms with E-state index in [0.29, 0.717) is 22.5 Å². The van der Waals surface area contributed by atoms with Crippen molar-refractivity contribution in [3.05, 3.63) is 64.0 Å². The molecule has 0 saturated carbocycles. The van der Waals surface area contributed by atoms with Crippen LogP contribution in [-0.2, 0) is 0 Å². The molecule has 0 unspecified atom stereocenters. The van der Waals surface area contributed by atoms with Crippen molar-refractivity contribution >= 4 is 11.0 Å². The summed E-state index contributed by atoms with van der Waals surface area (Å²) in [5, 5.41) is 9.90. The van der Waals surface area contributed by atoms with Gasteiger partial charge in [-0.05, 0) is 36.6 Å². The van der Waals surface area contributed by atoms with E-state index in [9.17, 15) is 9.90 Å². The summed E-state index contributed by atoms with van der Waals surface area (Å²) in [4.78, 5) is 12.7. The second-order valence-corrected chi connectivity index (χ2v) is 5.79. The Bertz CT molecular complexity index is 922. The van der Waals surface area contributed by atoms with Crippen LogP contribution in [0.2, 0.25) is 0 Å². The molecule has 23 heavy (non-hydrogen) atoms. The highest BCUT2D eigenvalue weighted by Crippen LogP contribution is 2.31. The Balaban J connectivity index is 2.15. The van der Waals surface area contributed by atoms with E-state index in [4.69, 9.17) is 9.15 Å². The predicted molar refractivity (Wildman–Crippen MR) is 89.5 cm³/mol. The molecule has 4 heteroatoms. The fraction of sp³-hybridized carbons (Fsp3) is 0.211. The molecule has 2 aromatic carbocycles. The number of aryl methyl sites for hydroxylation is 1. The average Bonchev–Trinajstić information content (AvgIpc) is 2.51. The maximum Gasteiger partial charge on any atom is 0.235 e. The summed E-state index contributed by atoms with van der Waals surface area (Å²) in [6.07, 6.45) is 0. The fourth-order valence-corrected chi connectivity index (χ4v) is 2.56. The first-order valence-corrected chi connectivity index (χ1v) is 7.50. The van der Waals surface area contributed by atoms with Crippen LogP contribution < -0.4 is 10.2 Å². The van der Waals surface area contributed by atoms with Crippen molar-refractivity contribution in [3.8, 4) is 17.2 Å². The molecule has 1 heterocycles. The van der Waals surface area contributed by atoms with Gasteiger partial charge in [-0.1, -0.05) is 32.0 Å². The van der Waals surface area contributed by atoms with Crippen molar-refractivity contribution in [2.24, 2.45) is 0 Å². The zero-order valence-electron chi connectivity index (χ0n) is 13.3. The van der Waals surface area contributed by atoms with Gasteiger partial charge in [0, 0.05) is 6.07 Å². The molecule has 1 N–H and O–H groups in total. The van der Waals surface area contributed by atoms with E-state index in [1.165, 1.54) is 18.2 Å². The van der Waals surface area contributed by atoms with Gasteiger partial charge in [0.1, 0.15) is 22.8 Å². The fourth-order valence-electron chi connectivity index (χ4n) is 2.56. The third-order valence-electron chi connectivity index (χ3n) is 3.75. The Morgan fingerprint density at radius 3 is 2.61 bits per heavy atom. The molecule has 3 aromatic rings. The molecule has 0 aliphatic rings. The third-order valence-corrected chi connectivity index (χ3v) is 3.75. The Kier molecular flexibility index (Phi) is 3.82. The number of benzene rings is 2. The van der Waals surface area contributed by atoms with Gasteiger partial charge in [-0.15, -0.1) is 0 Å². The summed E-state index contributed by atoms with van der Waals surface area (Å²) in [7, 11) is 0. The molecule has 0 bridgehead atoms. The van der Waals surface area contributed by atoms with E-state index in [2.05, 4.69) is 13.8 Å². The highest BCUT2D eigenvalue weighted by Gasteiger charge is 2.16. The normalized spacial score (nSPS) is 11.1. The molecule has 3 rings (SSSR count). The van der Waals surface area contributed by atoms with Gasteiger partial charge in [-0.25, -0.2) is 0 Å². The highest BCUT2D eigenvalue weighted by atomic mass is 16.5. The zero-order valence-corrected chi connectivity index (χ0v) is 13.3. The summed E-state index contributed by atoms with van der Waals surface area (Å²) in [5.74, 6) is 1.54. The predicted octanol–water partition coefficient (Wildman–Crippen LogP) is 4.72. The van der Waals surface area contributed by atoms with Crippen molar-refractivity contribution in [1.82, 2.24) is 0 Å². The van der Waals surface area contributed by atoms with Crippen LogP contribution in [0.1, 0.15) is 31.1 Å². The lowest BCUT2D eigenvalue weighted by atomic mass is 10.0. The average molecular weight is 310 g/mol. The topological polar surface area (TPSA) is 59.7 Å². The summed E-state index contributed by atoms with van der Waals surface area (Å²) in [6, 6.07) is 12.1. The number of para-hydroxylation sites is 1. The van der Waals surface area contributed by atoms with Crippen LogP contribution >= 0.6 is 0 Å². The minimum atomic E-state index is -0.248. The molecule has 0 aliphatic heterocycles. The molecule has 0 fully saturated rings. The quantitative estimate of drug-likeness (QED) is 0.760. The van der Waals surface area contributed by atoms with Crippen LogP contribution in [0.25, 0.3) is 11.0 Å². The van der Waals surface area contributed by atoms with Gasteiger partial charge in [-0.2, -0.15) is 0 Å². The first kappa shape index (κ1) is 15.2. The van der Waals surface area contributed by atoms with Gasteiger partial charge < -0.3 is 14.3 Å². The number of rotatable bonds is 3. The minimum Gasteiger partial charge on any atom is -0.508 e. The zero-order chi connectivity index (χ0) is 16.6. The number of phenols is 1. The summed E-state index contributed by atoms with van der Waals surface area (Å²) < 4.78 is 11.5. The van der Waals surface area contributed by atoms with Crippen molar-refractivity contribution in [2.45, 2.75) is 26.7 Å². The molecule has 1 aromatic heterocycles. The van der Waals surface area contributed by atoms with E-state index < -0.39 is 0 Å². The molecular formula is C19H18O4. The molecular weight excluding hydrogens is 292 g/mol. The molecule has 0 atom stereocenters. The second-order valence-electron chi connectivity index (χ2n) is 5.79. The summed E-state index contributed by atoms with van der Waals surface area (Å²) in [6.45, 7) is 5.82. The van der Waals surface area contributed by atoms with Crippen molar-refractivity contribution < 1.29 is 14.3 Å². The lowest BCUT2D eigenvalue weighted by Gasteiger charge is -2.14. The number of phenolic OH excluding ortho intramolecular Hbond substituents is 1.